The van der Waals surface area contributed by atoms with E-state index >= 15 is 0 Å². The Kier molecular flexibility index (Phi) is 7.53. The van der Waals surface area contributed by atoms with Crippen LogP contribution in [0.3, 0.4) is 0 Å². The van der Waals surface area contributed by atoms with Crippen molar-refractivity contribution in [1.29, 1.82) is 0 Å². The molecule has 1 aromatic carbocycles. The maximum atomic E-state index is 13.5. The molecule has 0 fully saturated rings. The lowest BCUT2D eigenvalue weighted by Gasteiger charge is -2.26. The van der Waals surface area contributed by atoms with Gasteiger partial charge in [0.15, 0.2) is 0 Å². The van der Waals surface area contributed by atoms with Crippen molar-refractivity contribution in [2.24, 2.45) is 5.84 Å². The van der Waals surface area contributed by atoms with E-state index in [1.807, 2.05) is 13.0 Å². The predicted molar refractivity (Wildman–Crippen MR) is 79.2 cm³/mol. The zero-order chi connectivity index (χ0) is 14.3. The van der Waals surface area contributed by atoms with Gasteiger partial charge >= 0.3 is 0 Å². The molecule has 0 aliphatic heterocycles. The fourth-order valence-electron chi connectivity index (χ4n) is 2.14. The highest BCUT2D eigenvalue weighted by atomic mass is 79.9. The molecule has 3 nitrogen and oxygen atoms in total. The van der Waals surface area contributed by atoms with E-state index in [4.69, 9.17) is 10.6 Å². The van der Waals surface area contributed by atoms with Crippen molar-refractivity contribution in [2.75, 3.05) is 6.61 Å². The van der Waals surface area contributed by atoms with E-state index in [-0.39, 0.29) is 18.0 Å². The van der Waals surface area contributed by atoms with E-state index in [0.29, 0.717) is 17.5 Å². The zero-order valence-corrected chi connectivity index (χ0v) is 13.0. The van der Waals surface area contributed by atoms with Gasteiger partial charge in [0.2, 0.25) is 0 Å². The van der Waals surface area contributed by atoms with Crippen LogP contribution >= 0.6 is 15.9 Å². The normalized spacial score (nSPS) is 14.4. The molecule has 0 radical (unpaired) electrons. The third kappa shape index (κ3) is 4.84. The maximum absolute atomic E-state index is 13.5. The quantitative estimate of drug-likeness (QED) is 0.567. The number of nitrogens with one attached hydrogen (secondary N) is 1. The fourth-order valence-corrected chi connectivity index (χ4v) is 2.57. The van der Waals surface area contributed by atoms with Crippen molar-refractivity contribution in [3.05, 3.63) is 34.1 Å². The lowest BCUT2D eigenvalue weighted by molar-refractivity contribution is 0.0281. The van der Waals surface area contributed by atoms with Crippen molar-refractivity contribution in [3.8, 4) is 0 Å². The van der Waals surface area contributed by atoms with Crippen LogP contribution in [0.2, 0.25) is 0 Å². The molecule has 0 spiro atoms. The van der Waals surface area contributed by atoms with Gasteiger partial charge in [-0.15, -0.1) is 0 Å². The molecule has 0 aliphatic carbocycles. The van der Waals surface area contributed by atoms with E-state index in [1.165, 1.54) is 6.07 Å². The molecule has 108 valence electrons. The summed E-state index contributed by atoms with van der Waals surface area (Å²) in [5, 5.41) is 0. The number of hydrazine groups is 1. The van der Waals surface area contributed by atoms with E-state index < -0.39 is 0 Å². The molecule has 1 rings (SSSR count). The first kappa shape index (κ1) is 16.6. The molecule has 0 heterocycles. The topological polar surface area (TPSA) is 47.3 Å². The Labute approximate surface area is 122 Å². The molecule has 0 aliphatic rings. The highest BCUT2D eigenvalue weighted by Gasteiger charge is 2.21. The van der Waals surface area contributed by atoms with Gasteiger partial charge in [0.05, 0.1) is 16.6 Å². The SMILES string of the molecule is CCCC(OCC)C(Cc1cccc(F)c1Br)NN. The minimum absolute atomic E-state index is 0.0296. The second kappa shape index (κ2) is 8.64. The monoisotopic (exact) mass is 332 g/mol. The Morgan fingerprint density at radius 2 is 2.16 bits per heavy atom. The largest absolute Gasteiger partial charge is 0.377 e. The number of nitrogens with two attached hydrogens (primary N) is 1. The van der Waals surface area contributed by atoms with Crippen molar-refractivity contribution < 1.29 is 9.13 Å². The zero-order valence-electron chi connectivity index (χ0n) is 11.5. The molecule has 0 amide bonds. The highest BCUT2D eigenvalue weighted by Crippen LogP contribution is 2.23. The van der Waals surface area contributed by atoms with Gasteiger partial charge in [0.1, 0.15) is 5.82 Å². The molecule has 19 heavy (non-hydrogen) atoms. The van der Waals surface area contributed by atoms with Gasteiger partial charge in [-0.2, -0.15) is 0 Å². The van der Waals surface area contributed by atoms with Crippen LogP contribution < -0.4 is 11.3 Å². The maximum Gasteiger partial charge on any atom is 0.137 e. The van der Waals surface area contributed by atoms with Gasteiger partial charge in [-0.1, -0.05) is 25.5 Å². The Morgan fingerprint density at radius 3 is 2.74 bits per heavy atom. The number of ether oxygens (including phenoxy) is 1. The van der Waals surface area contributed by atoms with Crippen molar-refractivity contribution in [3.63, 3.8) is 0 Å². The average Bonchev–Trinajstić information content (AvgIpc) is 2.40. The van der Waals surface area contributed by atoms with E-state index in [9.17, 15) is 4.39 Å². The third-order valence-electron chi connectivity index (χ3n) is 3.09. The lowest BCUT2D eigenvalue weighted by atomic mass is 9.98. The molecule has 0 saturated carbocycles. The first-order valence-corrected chi connectivity index (χ1v) is 7.43. The molecule has 0 saturated heterocycles. The second-order valence-electron chi connectivity index (χ2n) is 4.47. The summed E-state index contributed by atoms with van der Waals surface area (Å²) in [6.07, 6.45) is 2.61. The second-order valence-corrected chi connectivity index (χ2v) is 5.27. The van der Waals surface area contributed by atoms with Crippen LogP contribution in [0.15, 0.2) is 22.7 Å². The van der Waals surface area contributed by atoms with Gasteiger partial charge in [-0.05, 0) is 47.3 Å². The average molecular weight is 333 g/mol. The standard InChI is InChI=1S/C14H22BrFN2O/c1-3-6-13(19-4-2)12(18-17)9-10-7-5-8-11(16)14(10)15/h5,7-8,12-13,18H,3-4,6,9,17H2,1-2H3. The van der Waals surface area contributed by atoms with Gasteiger partial charge in [-0.3, -0.25) is 11.3 Å². The van der Waals surface area contributed by atoms with Crippen molar-refractivity contribution in [1.82, 2.24) is 5.43 Å². The third-order valence-corrected chi connectivity index (χ3v) is 3.98. The van der Waals surface area contributed by atoms with Crippen LogP contribution in [0.1, 0.15) is 32.3 Å². The minimum atomic E-state index is -0.253. The van der Waals surface area contributed by atoms with E-state index in [0.717, 1.165) is 18.4 Å². The summed E-state index contributed by atoms with van der Waals surface area (Å²) in [4.78, 5) is 0. The number of hydrogen-bond donors (Lipinski definition) is 2. The predicted octanol–water partition coefficient (Wildman–Crippen LogP) is 3.17. The van der Waals surface area contributed by atoms with Gasteiger partial charge in [0, 0.05) is 6.61 Å². The first-order chi connectivity index (χ1) is 9.13. The van der Waals surface area contributed by atoms with Crippen LogP contribution in [0, 0.1) is 5.82 Å². The molecule has 0 aromatic heterocycles. The Hall–Kier alpha value is -0.490. The molecule has 2 unspecified atom stereocenters. The van der Waals surface area contributed by atoms with Crippen LogP contribution in [-0.4, -0.2) is 18.8 Å². The summed E-state index contributed by atoms with van der Waals surface area (Å²) >= 11 is 3.28. The Bertz CT molecular complexity index is 384. The van der Waals surface area contributed by atoms with Crippen molar-refractivity contribution in [2.45, 2.75) is 45.3 Å². The molecule has 5 heteroatoms. The molecule has 2 atom stereocenters. The minimum Gasteiger partial charge on any atom is -0.377 e. The summed E-state index contributed by atoms with van der Waals surface area (Å²) in [7, 11) is 0. The van der Waals surface area contributed by atoms with Crippen LogP contribution in [0.5, 0.6) is 0 Å². The summed E-state index contributed by atoms with van der Waals surface area (Å²) in [5.41, 5.74) is 3.69. The van der Waals surface area contributed by atoms with Gasteiger partial charge < -0.3 is 4.74 Å². The molecule has 1 aromatic rings. The number of rotatable bonds is 8. The van der Waals surface area contributed by atoms with Crippen molar-refractivity contribution >= 4 is 15.9 Å². The molecule has 3 N–H and O–H groups in total. The fraction of sp³-hybridized carbons (Fsp3) is 0.571. The summed E-state index contributed by atoms with van der Waals surface area (Å²) in [6, 6.07) is 5.01. The summed E-state index contributed by atoms with van der Waals surface area (Å²) in [6.45, 7) is 4.72. The van der Waals surface area contributed by atoms with Gasteiger partial charge in [0.25, 0.3) is 0 Å². The number of hydrogen-bond acceptors (Lipinski definition) is 3. The number of halogens is 2. The Balaban J connectivity index is 2.82. The van der Waals surface area contributed by atoms with E-state index in [2.05, 4.69) is 28.3 Å². The van der Waals surface area contributed by atoms with Crippen LogP contribution in [-0.2, 0) is 11.2 Å². The summed E-state index contributed by atoms with van der Waals surface area (Å²) < 4.78 is 19.7. The molecular formula is C14H22BrFN2O. The summed E-state index contributed by atoms with van der Waals surface area (Å²) in [5.74, 6) is 5.38. The molecular weight excluding hydrogens is 311 g/mol. The lowest BCUT2D eigenvalue weighted by Crippen LogP contribution is -2.46. The Morgan fingerprint density at radius 1 is 1.42 bits per heavy atom. The van der Waals surface area contributed by atoms with Gasteiger partial charge in [-0.25, -0.2) is 4.39 Å². The smallest absolute Gasteiger partial charge is 0.137 e. The van der Waals surface area contributed by atoms with Crippen LogP contribution in [0.25, 0.3) is 0 Å². The van der Waals surface area contributed by atoms with E-state index in [1.54, 1.807) is 6.07 Å². The highest BCUT2D eigenvalue weighted by molar-refractivity contribution is 9.10. The van der Waals surface area contributed by atoms with Crippen LogP contribution in [0.4, 0.5) is 4.39 Å². The molecule has 0 bridgehead atoms. The first-order valence-electron chi connectivity index (χ1n) is 6.64. The number of benzene rings is 1.